The number of hydrogen-bond acceptors (Lipinski definition) is 6. The van der Waals surface area contributed by atoms with Crippen LogP contribution in [-0.2, 0) is 19.3 Å². The van der Waals surface area contributed by atoms with Gasteiger partial charge < -0.3 is 9.53 Å². The molecule has 0 heterocycles. The van der Waals surface area contributed by atoms with Gasteiger partial charge in [0, 0.05) is 0 Å². The number of rotatable bonds is 9. The number of carbonyl (C=O) groups excluding carboxylic acids is 2. The molecule has 0 radical (unpaired) electrons. The summed E-state index contributed by atoms with van der Waals surface area (Å²) in [7, 11) is 0. The number of nitrogens with zero attached hydrogens (tertiary/aromatic N) is 1. The summed E-state index contributed by atoms with van der Waals surface area (Å²) in [4.78, 5) is 33.2. The smallest absolute Gasteiger partial charge is 0.313 e. The van der Waals surface area contributed by atoms with Crippen LogP contribution in [0.1, 0.15) is 20.3 Å². The van der Waals surface area contributed by atoms with E-state index >= 15 is 0 Å². The molecule has 0 saturated carbocycles. The standard InChI is InChI=1S/C14H19NO5/c1-3-18-15(19-4-2)12(11-16)10-14(17)20-13-8-6-5-7-9-13/h5-9,11-12H,3-4,10H2,1-2H3/t12-/m0/s1. The normalized spacial score (nSPS) is 12.2. The molecule has 0 aliphatic heterocycles. The molecule has 0 aliphatic carbocycles. The lowest BCUT2D eigenvalue weighted by Gasteiger charge is -2.24. The first-order chi connectivity index (χ1) is 9.71. The molecule has 0 aromatic heterocycles. The third-order valence-electron chi connectivity index (χ3n) is 2.29. The molecule has 0 aliphatic rings. The Bertz CT molecular complexity index is 403. The maximum Gasteiger partial charge on any atom is 0.313 e. The Morgan fingerprint density at radius 1 is 1.20 bits per heavy atom. The summed E-state index contributed by atoms with van der Waals surface area (Å²) < 4.78 is 5.12. The second-order valence-electron chi connectivity index (χ2n) is 3.82. The molecule has 0 N–H and O–H groups in total. The Morgan fingerprint density at radius 2 is 1.80 bits per heavy atom. The van der Waals surface area contributed by atoms with E-state index in [0.717, 1.165) is 5.23 Å². The van der Waals surface area contributed by atoms with Crippen LogP contribution in [0.3, 0.4) is 0 Å². The molecule has 1 atom stereocenters. The maximum absolute atomic E-state index is 11.8. The van der Waals surface area contributed by atoms with Crippen LogP contribution in [0.4, 0.5) is 0 Å². The van der Waals surface area contributed by atoms with Crippen molar-refractivity contribution in [3.05, 3.63) is 30.3 Å². The zero-order chi connectivity index (χ0) is 14.8. The van der Waals surface area contributed by atoms with Gasteiger partial charge in [0.05, 0.1) is 19.6 Å². The van der Waals surface area contributed by atoms with Crippen LogP contribution < -0.4 is 4.74 Å². The van der Waals surface area contributed by atoms with Gasteiger partial charge >= 0.3 is 5.97 Å². The van der Waals surface area contributed by atoms with Crippen LogP contribution in [0.5, 0.6) is 5.75 Å². The van der Waals surface area contributed by atoms with Gasteiger partial charge in [-0.1, -0.05) is 23.4 Å². The minimum Gasteiger partial charge on any atom is -0.426 e. The second kappa shape index (κ2) is 9.19. The summed E-state index contributed by atoms with van der Waals surface area (Å²) in [5.74, 6) is -0.0979. The van der Waals surface area contributed by atoms with Crippen LogP contribution in [0.15, 0.2) is 30.3 Å². The summed E-state index contributed by atoms with van der Waals surface area (Å²) in [6.07, 6.45) is 0.440. The first-order valence-electron chi connectivity index (χ1n) is 6.47. The SMILES string of the molecule is CCON(OCC)[C@H](C=O)CC(=O)Oc1ccccc1. The summed E-state index contributed by atoms with van der Waals surface area (Å²) in [5.41, 5.74) is 0. The van der Waals surface area contributed by atoms with E-state index in [2.05, 4.69) is 0 Å². The van der Waals surface area contributed by atoms with E-state index in [1.54, 1.807) is 38.1 Å². The van der Waals surface area contributed by atoms with Crippen molar-refractivity contribution >= 4 is 12.3 Å². The Balaban J connectivity index is 2.57. The van der Waals surface area contributed by atoms with E-state index in [4.69, 9.17) is 14.4 Å². The highest BCUT2D eigenvalue weighted by molar-refractivity contribution is 5.77. The highest BCUT2D eigenvalue weighted by atomic mass is 16.9. The summed E-state index contributed by atoms with van der Waals surface area (Å²) in [6.45, 7) is 4.18. The molecule has 1 aromatic carbocycles. The molecule has 0 amide bonds. The van der Waals surface area contributed by atoms with Gasteiger partial charge in [0.1, 0.15) is 18.1 Å². The Labute approximate surface area is 118 Å². The van der Waals surface area contributed by atoms with Crippen molar-refractivity contribution in [1.82, 2.24) is 5.23 Å². The molecule has 0 bridgehead atoms. The summed E-state index contributed by atoms with van der Waals surface area (Å²) >= 11 is 0. The highest BCUT2D eigenvalue weighted by Crippen LogP contribution is 2.11. The van der Waals surface area contributed by atoms with Crippen molar-refractivity contribution in [2.75, 3.05) is 13.2 Å². The lowest BCUT2D eigenvalue weighted by atomic mass is 10.2. The summed E-state index contributed by atoms with van der Waals surface area (Å²) in [6, 6.07) is 7.82. The molecule has 0 spiro atoms. The Morgan fingerprint density at radius 3 is 2.30 bits per heavy atom. The van der Waals surface area contributed by atoms with Crippen molar-refractivity contribution in [3.8, 4) is 5.75 Å². The third kappa shape index (κ3) is 5.48. The van der Waals surface area contributed by atoms with E-state index in [1.165, 1.54) is 0 Å². The number of carbonyl (C=O) groups is 2. The van der Waals surface area contributed by atoms with Gasteiger partial charge in [-0.3, -0.25) is 14.5 Å². The van der Waals surface area contributed by atoms with Crippen LogP contribution >= 0.6 is 0 Å². The quantitative estimate of drug-likeness (QED) is 0.297. The fourth-order valence-corrected chi connectivity index (χ4v) is 1.49. The molecule has 1 aromatic rings. The van der Waals surface area contributed by atoms with Gasteiger partial charge in [0.25, 0.3) is 0 Å². The van der Waals surface area contributed by atoms with E-state index < -0.39 is 12.0 Å². The van der Waals surface area contributed by atoms with Crippen molar-refractivity contribution in [2.45, 2.75) is 26.3 Å². The molecule has 0 fully saturated rings. The number of hydroxylamine groups is 2. The largest absolute Gasteiger partial charge is 0.426 e. The molecule has 110 valence electrons. The molecule has 6 heteroatoms. The first-order valence-corrected chi connectivity index (χ1v) is 6.47. The number of benzene rings is 1. The average Bonchev–Trinajstić information content (AvgIpc) is 2.45. The van der Waals surface area contributed by atoms with Crippen molar-refractivity contribution < 1.29 is 24.0 Å². The molecule has 6 nitrogen and oxygen atoms in total. The monoisotopic (exact) mass is 281 g/mol. The zero-order valence-electron chi connectivity index (χ0n) is 11.7. The third-order valence-corrected chi connectivity index (χ3v) is 2.29. The Kier molecular flexibility index (Phi) is 7.49. The minimum atomic E-state index is -0.842. The predicted molar refractivity (Wildman–Crippen MR) is 71.6 cm³/mol. The molecule has 1 rings (SSSR count). The average molecular weight is 281 g/mol. The molecule has 0 saturated heterocycles. The summed E-state index contributed by atoms with van der Waals surface area (Å²) in [5, 5.41) is 1.04. The van der Waals surface area contributed by atoms with Gasteiger partial charge in [-0.05, 0) is 26.0 Å². The lowest BCUT2D eigenvalue weighted by Crippen LogP contribution is -2.39. The number of hydrogen-bond donors (Lipinski definition) is 0. The van der Waals surface area contributed by atoms with Crippen molar-refractivity contribution in [2.24, 2.45) is 0 Å². The number of aldehydes is 1. The van der Waals surface area contributed by atoms with Crippen LogP contribution in [0.25, 0.3) is 0 Å². The van der Waals surface area contributed by atoms with E-state index in [9.17, 15) is 9.59 Å². The van der Waals surface area contributed by atoms with E-state index in [1.807, 2.05) is 6.07 Å². The van der Waals surface area contributed by atoms with Gasteiger partial charge in [-0.2, -0.15) is 0 Å². The highest BCUT2D eigenvalue weighted by Gasteiger charge is 2.23. The maximum atomic E-state index is 11.8. The lowest BCUT2D eigenvalue weighted by molar-refractivity contribution is -0.377. The van der Waals surface area contributed by atoms with Gasteiger partial charge in [0.2, 0.25) is 0 Å². The molecule has 0 unspecified atom stereocenters. The van der Waals surface area contributed by atoms with Crippen molar-refractivity contribution in [3.63, 3.8) is 0 Å². The predicted octanol–water partition coefficient (Wildman–Crippen LogP) is 1.75. The molecular formula is C14H19NO5. The first kappa shape index (κ1) is 16.3. The second-order valence-corrected chi connectivity index (χ2v) is 3.82. The van der Waals surface area contributed by atoms with Gasteiger partial charge in [-0.25, -0.2) is 0 Å². The number of para-hydroxylation sites is 1. The fourth-order valence-electron chi connectivity index (χ4n) is 1.49. The van der Waals surface area contributed by atoms with Crippen LogP contribution in [0, 0.1) is 0 Å². The van der Waals surface area contributed by atoms with E-state index in [-0.39, 0.29) is 6.42 Å². The topological polar surface area (TPSA) is 65.1 Å². The minimum absolute atomic E-state index is 0.154. The fraction of sp³-hybridized carbons (Fsp3) is 0.429. The zero-order valence-corrected chi connectivity index (χ0v) is 11.7. The number of esters is 1. The molecular weight excluding hydrogens is 262 g/mol. The van der Waals surface area contributed by atoms with Gasteiger partial charge in [-0.15, -0.1) is 0 Å². The van der Waals surface area contributed by atoms with Crippen molar-refractivity contribution in [1.29, 1.82) is 0 Å². The molecule has 20 heavy (non-hydrogen) atoms. The van der Waals surface area contributed by atoms with Crippen LogP contribution in [-0.4, -0.2) is 36.7 Å². The Hall–Kier alpha value is -1.76. The van der Waals surface area contributed by atoms with Crippen LogP contribution in [0.2, 0.25) is 0 Å². The van der Waals surface area contributed by atoms with Gasteiger partial charge in [0.15, 0.2) is 0 Å². The number of ether oxygens (including phenoxy) is 1. The van der Waals surface area contributed by atoms with E-state index in [0.29, 0.717) is 25.2 Å².